The molecule has 1 aromatic rings. The highest BCUT2D eigenvalue weighted by molar-refractivity contribution is 7.11. The third-order valence-corrected chi connectivity index (χ3v) is 6.67. The first-order valence-electron chi connectivity index (χ1n) is 8.52. The van der Waals surface area contributed by atoms with Gasteiger partial charge in [-0.25, -0.2) is 9.78 Å². The molecule has 2 bridgehead atoms. The smallest absolute Gasteiger partial charge is 0.317 e. The lowest BCUT2D eigenvalue weighted by molar-refractivity contribution is 0.0969. The Morgan fingerprint density at radius 1 is 1.39 bits per heavy atom. The summed E-state index contributed by atoms with van der Waals surface area (Å²) in [6, 6.07) is 0.182. The van der Waals surface area contributed by atoms with Crippen LogP contribution in [0.1, 0.15) is 67.6 Å². The summed E-state index contributed by atoms with van der Waals surface area (Å²) < 4.78 is 5.82. The molecule has 4 unspecified atom stereocenters. The zero-order valence-corrected chi connectivity index (χ0v) is 15.4. The summed E-state index contributed by atoms with van der Waals surface area (Å²) in [7, 11) is 1.86. The molecule has 3 rings (SSSR count). The number of aromatic nitrogens is 1. The average molecular weight is 337 g/mol. The lowest BCUT2D eigenvalue weighted by Gasteiger charge is -2.28. The van der Waals surface area contributed by atoms with Gasteiger partial charge in [-0.3, -0.25) is 0 Å². The van der Waals surface area contributed by atoms with Gasteiger partial charge in [0.2, 0.25) is 0 Å². The number of urea groups is 1. The van der Waals surface area contributed by atoms with Crippen LogP contribution in [-0.2, 0) is 4.74 Å². The van der Waals surface area contributed by atoms with Crippen molar-refractivity contribution < 1.29 is 9.53 Å². The minimum absolute atomic E-state index is 0.0162. The quantitative estimate of drug-likeness (QED) is 0.913. The Bertz CT molecular complexity index is 586. The van der Waals surface area contributed by atoms with Crippen LogP contribution in [0.15, 0.2) is 0 Å². The molecule has 5 nitrogen and oxygen atoms in total. The van der Waals surface area contributed by atoms with Gasteiger partial charge in [0.1, 0.15) is 0 Å². The monoisotopic (exact) mass is 337 g/mol. The Hall–Kier alpha value is -1.14. The van der Waals surface area contributed by atoms with Gasteiger partial charge in [-0.2, -0.15) is 0 Å². The molecule has 6 heteroatoms. The summed E-state index contributed by atoms with van der Waals surface area (Å²) in [4.78, 5) is 20.2. The molecule has 0 saturated carbocycles. The van der Waals surface area contributed by atoms with Crippen molar-refractivity contribution in [2.24, 2.45) is 0 Å². The van der Waals surface area contributed by atoms with Crippen molar-refractivity contribution in [3.8, 4) is 0 Å². The number of thiazole rings is 1. The number of rotatable bonds is 4. The first-order chi connectivity index (χ1) is 10.9. The number of hydrogen-bond donors (Lipinski definition) is 1. The van der Waals surface area contributed by atoms with Crippen LogP contribution >= 0.6 is 11.3 Å². The Balaban J connectivity index is 1.64. The van der Waals surface area contributed by atoms with Gasteiger partial charge in [0, 0.05) is 17.8 Å². The molecule has 128 valence electrons. The molecule has 23 heavy (non-hydrogen) atoms. The molecule has 4 atom stereocenters. The maximum Gasteiger partial charge on any atom is 0.317 e. The number of nitrogens with zero attached hydrogens (tertiary/aromatic N) is 2. The minimum atomic E-state index is -0.0162. The normalized spacial score (nSPS) is 27.5. The van der Waals surface area contributed by atoms with Crippen molar-refractivity contribution in [1.29, 1.82) is 0 Å². The van der Waals surface area contributed by atoms with E-state index in [1.54, 1.807) is 16.2 Å². The molecular formula is C17H27N3O2S. The van der Waals surface area contributed by atoms with E-state index in [1.165, 1.54) is 4.88 Å². The third kappa shape index (κ3) is 3.24. The standard InChI is InChI=1S/C17H27N3O2S/c1-9(2)16-18-10(3)15(23-16)11(4)20(5)17(21)19-13-8-12-6-7-14(13)22-12/h9,11-14H,6-8H2,1-5H3,(H,19,21). The molecule has 2 amide bonds. The van der Waals surface area contributed by atoms with E-state index in [4.69, 9.17) is 4.74 Å². The van der Waals surface area contributed by atoms with E-state index >= 15 is 0 Å². The molecule has 2 fully saturated rings. The lowest BCUT2D eigenvalue weighted by atomic mass is 9.96. The van der Waals surface area contributed by atoms with E-state index in [1.807, 2.05) is 14.0 Å². The Morgan fingerprint density at radius 2 is 2.13 bits per heavy atom. The molecule has 2 aliphatic heterocycles. The zero-order chi connectivity index (χ0) is 16.7. The van der Waals surface area contributed by atoms with Crippen molar-refractivity contribution >= 4 is 17.4 Å². The van der Waals surface area contributed by atoms with Crippen molar-refractivity contribution in [1.82, 2.24) is 15.2 Å². The number of amides is 2. The first-order valence-corrected chi connectivity index (χ1v) is 9.34. The lowest BCUT2D eigenvalue weighted by Crippen LogP contribution is -2.47. The van der Waals surface area contributed by atoms with Crippen molar-refractivity contribution in [3.05, 3.63) is 15.6 Å². The average Bonchev–Trinajstić information content (AvgIpc) is 3.20. The van der Waals surface area contributed by atoms with E-state index in [9.17, 15) is 4.79 Å². The van der Waals surface area contributed by atoms with Crippen LogP contribution in [0, 0.1) is 6.92 Å². The molecule has 2 aliphatic rings. The molecule has 2 saturated heterocycles. The van der Waals surface area contributed by atoms with Crippen LogP contribution in [0.2, 0.25) is 0 Å². The number of aryl methyl sites for hydroxylation is 1. The molecule has 0 aliphatic carbocycles. The second kappa shape index (κ2) is 6.40. The van der Waals surface area contributed by atoms with Gasteiger partial charge in [0.25, 0.3) is 0 Å². The van der Waals surface area contributed by atoms with Crippen molar-refractivity contribution in [2.75, 3.05) is 7.05 Å². The van der Waals surface area contributed by atoms with Crippen LogP contribution in [0.25, 0.3) is 0 Å². The van der Waals surface area contributed by atoms with Crippen LogP contribution < -0.4 is 5.32 Å². The summed E-state index contributed by atoms with van der Waals surface area (Å²) in [5.41, 5.74) is 1.04. The molecule has 3 heterocycles. The maximum absolute atomic E-state index is 12.6. The minimum Gasteiger partial charge on any atom is -0.373 e. The van der Waals surface area contributed by atoms with Crippen LogP contribution in [-0.4, -0.2) is 41.2 Å². The van der Waals surface area contributed by atoms with Crippen molar-refractivity contribution in [3.63, 3.8) is 0 Å². The highest BCUT2D eigenvalue weighted by atomic mass is 32.1. The molecule has 0 aromatic carbocycles. The van der Waals surface area contributed by atoms with E-state index in [0.29, 0.717) is 12.0 Å². The van der Waals surface area contributed by atoms with Crippen LogP contribution in [0.3, 0.4) is 0 Å². The summed E-state index contributed by atoms with van der Waals surface area (Å²) in [5, 5.41) is 4.29. The predicted molar refractivity (Wildman–Crippen MR) is 91.9 cm³/mol. The third-order valence-electron chi connectivity index (χ3n) is 5.04. The number of carbonyl (C=O) groups is 1. The van der Waals surface area contributed by atoms with E-state index < -0.39 is 0 Å². The number of fused-ring (bicyclic) bond motifs is 2. The highest BCUT2D eigenvalue weighted by Crippen LogP contribution is 2.35. The first kappa shape index (κ1) is 16.7. The SMILES string of the molecule is Cc1nc(C(C)C)sc1C(C)N(C)C(=O)NC1CC2CCC1O2. The molecule has 0 radical (unpaired) electrons. The van der Waals surface area contributed by atoms with Gasteiger partial charge in [0.05, 0.1) is 35.0 Å². The van der Waals surface area contributed by atoms with E-state index in [-0.39, 0.29) is 24.2 Å². The fourth-order valence-corrected chi connectivity index (χ4v) is 4.63. The fourth-order valence-electron chi connectivity index (χ4n) is 3.47. The van der Waals surface area contributed by atoms with Gasteiger partial charge in [-0.15, -0.1) is 11.3 Å². The van der Waals surface area contributed by atoms with Gasteiger partial charge in [-0.1, -0.05) is 13.8 Å². The maximum atomic E-state index is 12.6. The van der Waals surface area contributed by atoms with Gasteiger partial charge in [-0.05, 0) is 33.1 Å². The summed E-state index contributed by atoms with van der Waals surface area (Å²) in [5.74, 6) is 0.421. The summed E-state index contributed by atoms with van der Waals surface area (Å²) >= 11 is 1.72. The summed E-state index contributed by atoms with van der Waals surface area (Å²) in [6.45, 7) is 8.40. The summed E-state index contributed by atoms with van der Waals surface area (Å²) in [6.07, 6.45) is 3.73. The molecule has 1 N–H and O–H groups in total. The number of hydrogen-bond acceptors (Lipinski definition) is 4. The second-order valence-corrected chi connectivity index (χ2v) is 8.17. The zero-order valence-electron chi connectivity index (χ0n) is 14.6. The van der Waals surface area contributed by atoms with Crippen LogP contribution in [0.4, 0.5) is 4.79 Å². The number of carbonyl (C=O) groups excluding carboxylic acids is 1. The Kier molecular flexibility index (Phi) is 4.65. The number of ether oxygens (including phenoxy) is 1. The Labute approximate surface area is 142 Å². The van der Waals surface area contributed by atoms with Gasteiger partial charge in [0.15, 0.2) is 0 Å². The molecule has 1 aromatic heterocycles. The van der Waals surface area contributed by atoms with Crippen molar-refractivity contribution in [2.45, 2.75) is 77.2 Å². The molecular weight excluding hydrogens is 310 g/mol. The highest BCUT2D eigenvalue weighted by Gasteiger charge is 2.42. The number of nitrogens with one attached hydrogen (secondary N) is 1. The van der Waals surface area contributed by atoms with Gasteiger partial charge >= 0.3 is 6.03 Å². The predicted octanol–water partition coefficient (Wildman–Crippen LogP) is 3.60. The topological polar surface area (TPSA) is 54.5 Å². The van der Waals surface area contributed by atoms with E-state index in [2.05, 4.69) is 31.1 Å². The van der Waals surface area contributed by atoms with Gasteiger partial charge < -0.3 is 15.0 Å². The Morgan fingerprint density at radius 3 is 2.65 bits per heavy atom. The fraction of sp³-hybridized carbons (Fsp3) is 0.765. The second-order valence-electron chi connectivity index (χ2n) is 7.11. The molecule has 0 spiro atoms. The largest absolute Gasteiger partial charge is 0.373 e. The van der Waals surface area contributed by atoms with E-state index in [0.717, 1.165) is 30.0 Å². The van der Waals surface area contributed by atoms with Crippen LogP contribution in [0.5, 0.6) is 0 Å².